The monoisotopic (exact) mass is 344 g/mol. The van der Waals surface area contributed by atoms with Crippen molar-refractivity contribution in [3.8, 4) is 10.6 Å². The first-order chi connectivity index (χ1) is 11.4. The van der Waals surface area contributed by atoms with Crippen LogP contribution in [0.3, 0.4) is 0 Å². The van der Waals surface area contributed by atoms with Crippen molar-refractivity contribution < 1.29 is 9.63 Å². The van der Waals surface area contributed by atoms with Gasteiger partial charge >= 0.3 is 0 Å². The number of hydrogen-bond donors (Lipinski definition) is 0. The summed E-state index contributed by atoms with van der Waals surface area (Å²) in [4.78, 5) is 24.8. The number of amides is 1. The van der Waals surface area contributed by atoms with Gasteiger partial charge in [-0.1, -0.05) is 0 Å². The predicted octanol–water partition coefficient (Wildman–Crippen LogP) is 3.68. The molecule has 0 N–H and O–H groups in total. The topological polar surface area (TPSA) is 60.2 Å². The van der Waals surface area contributed by atoms with Crippen molar-refractivity contribution in [2.24, 2.45) is 0 Å². The van der Waals surface area contributed by atoms with E-state index in [4.69, 9.17) is 9.82 Å². The number of aryl methyl sites for hydroxylation is 1. The number of carbonyl (C=O) groups is 1. The summed E-state index contributed by atoms with van der Waals surface area (Å²) in [6.07, 6.45) is 1.70. The number of pyridine rings is 1. The molecular weight excluding hydrogens is 324 g/mol. The molecule has 0 aliphatic heterocycles. The molecule has 0 aliphatic carbocycles. The summed E-state index contributed by atoms with van der Waals surface area (Å²) >= 11 is 1.65. The quantitative estimate of drug-likeness (QED) is 0.677. The van der Waals surface area contributed by atoms with Crippen LogP contribution in [0.25, 0.3) is 21.6 Å². The number of nitrogens with zero attached hydrogens (tertiary/aromatic N) is 4. The molecule has 24 heavy (non-hydrogen) atoms. The molecule has 3 heterocycles. The number of fused-ring (bicyclic) bond motifs is 1. The molecule has 3 aromatic rings. The first kappa shape index (κ1) is 16.6. The molecule has 0 fully saturated rings. The molecular formula is C17H20N4O2S. The molecule has 0 radical (unpaired) electrons. The van der Waals surface area contributed by atoms with Gasteiger partial charge in [0.25, 0.3) is 5.91 Å². The molecule has 0 saturated heterocycles. The zero-order chi connectivity index (χ0) is 17.4. The van der Waals surface area contributed by atoms with Gasteiger partial charge < -0.3 is 0 Å². The Labute approximate surface area is 144 Å². The second kappa shape index (κ2) is 6.33. The Bertz CT molecular complexity index is 897. The predicted molar refractivity (Wildman–Crippen MR) is 95.1 cm³/mol. The van der Waals surface area contributed by atoms with Crippen LogP contribution in [0.5, 0.6) is 0 Å². The minimum Gasteiger partial charge on any atom is -0.274 e. The van der Waals surface area contributed by atoms with Crippen molar-refractivity contribution in [1.29, 1.82) is 0 Å². The van der Waals surface area contributed by atoms with Crippen LogP contribution in [0.2, 0.25) is 0 Å². The summed E-state index contributed by atoms with van der Waals surface area (Å²) in [5.74, 6) is -0.220. The number of rotatable bonds is 4. The Morgan fingerprint density at radius 1 is 1.38 bits per heavy atom. The fourth-order valence-electron chi connectivity index (χ4n) is 2.52. The second-order valence-corrected chi connectivity index (χ2v) is 7.16. The van der Waals surface area contributed by atoms with Crippen molar-refractivity contribution in [1.82, 2.24) is 19.8 Å². The maximum atomic E-state index is 12.7. The van der Waals surface area contributed by atoms with Crippen LogP contribution in [0.4, 0.5) is 0 Å². The number of hydrogen-bond acceptors (Lipinski definition) is 5. The third-order valence-electron chi connectivity index (χ3n) is 3.84. The summed E-state index contributed by atoms with van der Waals surface area (Å²) in [5.41, 5.74) is 2.02. The summed E-state index contributed by atoms with van der Waals surface area (Å²) in [5, 5.41) is 6.35. The van der Waals surface area contributed by atoms with Gasteiger partial charge in [-0.25, -0.2) is 14.7 Å². The number of hydroxylamine groups is 2. The van der Waals surface area contributed by atoms with Crippen LogP contribution in [0, 0.1) is 6.92 Å². The lowest BCUT2D eigenvalue weighted by Gasteiger charge is -2.15. The Hall–Kier alpha value is -2.25. The van der Waals surface area contributed by atoms with Crippen molar-refractivity contribution in [2.45, 2.75) is 26.8 Å². The highest BCUT2D eigenvalue weighted by Gasteiger charge is 2.21. The highest BCUT2D eigenvalue weighted by Crippen LogP contribution is 2.31. The molecule has 3 aromatic heterocycles. The first-order valence-corrected chi connectivity index (χ1v) is 8.51. The molecule has 0 aromatic carbocycles. The van der Waals surface area contributed by atoms with Gasteiger partial charge in [0, 0.05) is 18.0 Å². The van der Waals surface area contributed by atoms with E-state index in [-0.39, 0.29) is 11.9 Å². The number of carbonyl (C=O) groups excluding carboxylic acids is 1. The Morgan fingerprint density at radius 2 is 2.12 bits per heavy atom. The highest BCUT2D eigenvalue weighted by atomic mass is 32.1. The fourth-order valence-corrected chi connectivity index (χ4v) is 3.35. The number of thiophene rings is 1. The molecule has 126 valence electrons. The molecule has 6 nitrogen and oxygen atoms in total. The molecule has 0 bridgehead atoms. The van der Waals surface area contributed by atoms with E-state index in [9.17, 15) is 4.79 Å². The van der Waals surface area contributed by atoms with Gasteiger partial charge in [0.1, 0.15) is 0 Å². The van der Waals surface area contributed by atoms with E-state index in [0.717, 1.165) is 16.0 Å². The Balaban J connectivity index is 2.27. The Kier molecular flexibility index (Phi) is 4.38. The first-order valence-electron chi connectivity index (χ1n) is 7.69. The largest absolute Gasteiger partial charge is 0.278 e. The summed E-state index contributed by atoms with van der Waals surface area (Å²) in [7, 11) is 3.06. The molecule has 1 amide bonds. The smallest absolute Gasteiger partial charge is 0.274 e. The summed E-state index contributed by atoms with van der Waals surface area (Å²) in [6, 6.07) is 6.04. The maximum absolute atomic E-state index is 12.7. The van der Waals surface area contributed by atoms with Crippen molar-refractivity contribution in [3.05, 3.63) is 34.8 Å². The zero-order valence-electron chi connectivity index (χ0n) is 14.4. The van der Waals surface area contributed by atoms with E-state index in [1.165, 1.54) is 17.1 Å². The zero-order valence-corrected chi connectivity index (χ0v) is 15.2. The average Bonchev–Trinajstić information content (AvgIpc) is 3.18. The normalized spacial score (nSPS) is 11.4. The molecule has 7 heteroatoms. The lowest BCUT2D eigenvalue weighted by atomic mass is 10.1. The van der Waals surface area contributed by atoms with Gasteiger partial charge in [-0.3, -0.25) is 9.63 Å². The second-order valence-electron chi connectivity index (χ2n) is 5.87. The van der Waals surface area contributed by atoms with Gasteiger partial charge in [-0.15, -0.1) is 11.3 Å². The molecule has 0 saturated carbocycles. The molecule has 0 unspecified atom stereocenters. The lowest BCUT2D eigenvalue weighted by Crippen LogP contribution is -2.25. The lowest BCUT2D eigenvalue weighted by molar-refractivity contribution is -0.0755. The van der Waals surface area contributed by atoms with Crippen molar-refractivity contribution >= 4 is 28.3 Å². The van der Waals surface area contributed by atoms with E-state index in [2.05, 4.69) is 12.0 Å². The minimum absolute atomic E-state index is 0.151. The van der Waals surface area contributed by atoms with Crippen LogP contribution < -0.4 is 0 Å². The van der Waals surface area contributed by atoms with Crippen molar-refractivity contribution in [2.75, 3.05) is 14.2 Å². The van der Waals surface area contributed by atoms with Gasteiger partial charge in [-0.2, -0.15) is 5.10 Å². The highest BCUT2D eigenvalue weighted by molar-refractivity contribution is 7.15. The van der Waals surface area contributed by atoms with Gasteiger partial charge in [0.15, 0.2) is 5.65 Å². The summed E-state index contributed by atoms with van der Waals surface area (Å²) < 4.78 is 1.84. The third kappa shape index (κ3) is 2.81. The van der Waals surface area contributed by atoms with Gasteiger partial charge in [-0.05, 0) is 39.0 Å². The van der Waals surface area contributed by atoms with Gasteiger partial charge in [0.2, 0.25) is 0 Å². The average molecular weight is 344 g/mol. The third-order valence-corrected chi connectivity index (χ3v) is 4.86. The minimum atomic E-state index is -0.220. The van der Waals surface area contributed by atoms with E-state index < -0.39 is 0 Å². The van der Waals surface area contributed by atoms with Crippen LogP contribution in [-0.4, -0.2) is 39.9 Å². The SMILES string of the molecule is CON(C)C(=O)c1cc(-c2ccc(C)s2)nc2c1cnn2C(C)C. The van der Waals surface area contributed by atoms with Crippen LogP contribution in [0.15, 0.2) is 24.4 Å². The fraction of sp³-hybridized carbons (Fsp3) is 0.353. The van der Waals surface area contributed by atoms with Crippen LogP contribution in [0.1, 0.15) is 35.1 Å². The molecule has 3 rings (SSSR count). The van der Waals surface area contributed by atoms with Crippen molar-refractivity contribution in [3.63, 3.8) is 0 Å². The molecule has 0 spiro atoms. The van der Waals surface area contributed by atoms with E-state index in [1.54, 1.807) is 24.6 Å². The maximum Gasteiger partial charge on any atom is 0.278 e. The Morgan fingerprint density at radius 3 is 2.71 bits per heavy atom. The summed E-state index contributed by atoms with van der Waals surface area (Å²) in [6.45, 7) is 6.13. The van der Waals surface area contributed by atoms with Gasteiger partial charge in [0.05, 0.1) is 34.8 Å². The molecule has 0 aliphatic rings. The standard InChI is InChI=1S/C17H20N4O2S/c1-10(2)21-16-13(9-18-21)12(17(22)20(4)23-5)8-14(19-16)15-7-6-11(3)24-15/h6-10H,1-5H3. The number of aromatic nitrogens is 3. The molecule has 0 atom stereocenters. The van der Waals surface area contributed by atoms with E-state index in [0.29, 0.717) is 11.2 Å². The van der Waals surface area contributed by atoms with E-state index >= 15 is 0 Å². The van der Waals surface area contributed by atoms with Crippen LogP contribution >= 0.6 is 11.3 Å². The van der Waals surface area contributed by atoms with Crippen LogP contribution in [-0.2, 0) is 4.84 Å². The van der Waals surface area contributed by atoms with E-state index in [1.807, 2.05) is 36.7 Å².